The molecule has 0 atom stereocenters. The van der Waals surface area contributed by atoms with Gasteiger partial charge < -0.3 is 4.74 Å². The molecule has 0 N–H and O–H groups in total. The van der Waals surface area contributed by atoms with E-state index in [9.17, 15) is 0 Å². The Morgan fingerprint density at radius 1 is 1.27 bits per heavy atom. The zero-order chi connectivity index (χ0) is 10.5. The number of rotatable bonds is 3. The predicted molar refractivity (Wildman–Crippen MR) is 60.9 cm³/mol. The molecule has 2 rings (SSSR count). The first kappa shape index (κ1) is 10.9. The molecule has 0 spiro atoms. The van der Waals surface area contributed by atoms with Gasteiger partial charge in [-0.25, -0.2) is 4.98 Å². The maximum absolute atomic E-state index is 5.80. The van der Waals surface area contributed by atoms with Crippen LogP contribution in [0.5, 0.6) is 0 Å². The SMILES string of the molecule is Clc1cccc(COC2CCCCC2)n1. The van der Waals surface area contributed by atoms with E-state index in [1.54, 1.807) is 6.07 Å². The van der Waals surface area contributed by atoms with Crippen molar-refractivity contribution in [3.8, 4) is 0 Å². The Labute approximate surface area is 95.6 Å². The Morgan fingerprint density at radius 2 is 2.07 bits per heavy atom. The van der Waals surface area contributed by atoms with Gasteiger partial charge >= 0.3 is 0 Å². The molecule has 1 fully saturated rings. The second-order valence-corrected chi connectivity index (χ2v) is 4.41. The van der Waals surface area contributed by atoms with Crippen LogP contribution in [0, 0.1) is 0 Å². The molecule has 15 heavy (non-hydrogen) atoms. The lowest BCUT2D eigenvalue weighted by Gasteiger charge is -2.21. The minimum Gasteiger partial charge on any atom is -0.372 e. The van der Waals surface area contributed by atoms with Crippen molar-refractivity contribution in [2.24, 2.45) is 0 Å². The third kappa shape index (κ3) is 3.47. The fourth-order valence-electron chi connectivity index (χ4n) is 1.97. The molecule has 1 aliphatic carbocycles. The van der Waals surface area contributed by atoms with E-state index in [1.165, 1.54) is 32.1 Å². The third-order valence-corrected chi connectivity index (χ3v) is 3.00. The average molecular weight is 226 g/mol. The van der Waals surface area contributed by atoms with E-state index in [0.717, 1.165) is 5.69 Å². The highest BCUT2D eigenvalue weighted by Crippen LogP contribution is 2.21. The van der Waals surface area contributed by atoms with E-state index in [4.69, 9.17) is 16.3 Å². The highest BCUT2D eigenvalue weighted by atomic mass is 35.5. The minimum absolute atomic E-state index is 0.430. The van der Waals surface area contributed by atoms with Crippen molar-refractivity contribution in [3.05, 3.63) is 29.0 Å². The van der Waals surface area contributed by atoms with Gasteiger partial charge in [-0.3, -0.25) is 0 Å². The summed E-state index contributed by atoms with van der Waals surface area (Å²) in [5.74, 6) is 0. The van der Waals surface area contributed by atoms with Gasteiger partial charge in [-0.2, -0.15) is 0 Å². The van der Waals surface area contributed by atoms with Crippen molar-refractivity contribution < 1.29 is 4.74 Å². The van der Waals surface area contributed by atoms with Crippen LogP contribution in [0.2, 0.25) is 5.15 Å². The number of halogens is 1. The van der Waals surface area contributed by atoms with Crippen LogP contribution in [0.15, 0.2) is 18.2 Å². The molecular formula is C12H16ClNO. The van der Waals surface area contributed by atoms with Crippen LogP contribution in [0.1, 0.15) is 37.8 Å². The van der Waals surface area contributed by atoms with Gasteiger partial charge in [0.2, 0.25) is 0 Å². The molecule has 1 heterocycles. The molecule has 3 heteroatoms. The van der Waals surface area contributed by atoms with Gasteiger partial charge in [-0.15, -0.1) is 0 Å². The smallest absolute Gasteiger partial charge is 0.129 e. The van der Waals surface area contributed by atoms with Crippen molar-refractivity contribution in [3.63, 3.8) is 0 Å². The fourth-order valence-corrected chi connectivity index (χ4v) is 2.15. The first-order valence-corrected chi connectivity index (χ1v) is 5.95. The molecular weight excluding hydrogens is 210 g/mol. The Bertz CT molecular complexity index is 310. The van der Waals surface area contributed by atoms with Crippen LogP contribution in [0.4, 0.5) is 0 Å². The summed E-state index contributed by atoms with van der Waals surface area (Å²) in [6.45, 7) is 0.589. The summed E-state index contributed by atoms with van der Waals surface area (Å²) in [6, 6.07) is 5.65. The highest BCUT2D eigenvalue weighted by Gasteiger charge is 2.13. The van der Waals surface area contributed by atoms with Crippen molar-refractivity contribution in [1.82, 2.24) is 4.98 Å². The van der Waals surface area contributed by atoms with Gasteiger partial charge in [0.25, 0.3) is 0 Å². The van der Waals surface area contributed by atoms with Crippen molar-refractivity contribution >= 4 is 11.6 Å². The Balaban J connectivity index is 1.81. The molecule has 0 aromatic carbocycles. The highest BCUT2D eigenvalue weighted by molar-refractivity contribution is 6.29. The lowest BCUT2D eigenvalue weighted by Crippen LogP contribution is -2.16. The summed E-state index contributed by atoms with van der Waals surface area (Å²) >= 11 is 5.80. The van der Waals surface area contributed by atoms with Crippen LogP contribution in [0.3, 0.4) is 0 Å². The van der Waals surface area contributed by atoms with Crippen molar-refractivity contribution in [2.45, 2.75) is 44.8 Å². The number of ether oxygens (including phenoxy) is 1. The van der Waals surface area contributed by atoms with Crippen LogP contribution >= 0.6 is 11.6 Å². The number of nitrogens with zero attached hydrogens (tertiary/aromatic N) is 1. The molecule has 0 saturated heterocycles. The molecule has 1 aliphatic rings. The maximum Gasteiger partial charge on any atom is 0.129 e. The van der Waals surface area contributed by atoms with Crippen LogP contribution in [-0.4, -0.2) is 11.1 Å². The van der Waals surface area contributed by atoms with Gasteiger partial charge in [-0.05, 0) is 25.0 Å². The summed E-state index contributed by atoms with van der Waals surface area (Å²) in [6.07, 6.45) is 6.78. The van der Waals surface area contributed by atoms with Crippen LogP contribution < -0.4 is 0 Å². The van der Waals surface area contributed by atoms with E-state index in [-0.39, 0.29) is 0 Å². The lowest BCUT2D eigenvalue weighted by atomic mass is 9.98. The summed E-state index contributed by atoms with van der Waals surface area (Å²) in [7, 11) is 0. The second-order valence-electron chi connectivity index (χ2n) is 4.02. The lowest BCUT2D eigenvalue weighted by molar-refractivity contribution is 0.0153. The minimum atomic E-state index is 0.430. The third-order valence-electron chi connectivity index (χ3n) is 2.79. The zero-order valence-electron chi connectivity index (χ0n) is 8.79. The second kappa shape index (κ2) is 5.47. The quantitative estimate of drug-likeness (QED) is 0.734. The molecule has 0 radical (unpaired) electrons. The first-order chi connectivity index (χ1) is 7.34. The fraction of sp³-hybridized carbons (Fsp3) is 0.583. The van der Waals surface area contributed by atoms with Gasteiger partial charge in [0.1, 0.15) is 5.15 Å². The molecule has 2 nitrogen and oxygen atoms in total. The van der Waals surface area contributed by atoms with Crippen LogP contribution in [0.25, 0.3) is 0 Å². The number of pyridine rings is 1. The Kier molecular flexibility index (Phi) is 3.98. The normalized spacial score (nSPS) is 17.9. The van der Waals surface area contributed by atoms with Gasteiger partial charge in [0, 0.05) is 0 Å². The summed E-state index contributed by atoms with van der Waals surface area (Å²) < 4.78 is 5.80. The Morgan fingerprint density at radius 3 is 2.80 bits per heavy atom. The molecule has 0 unspecified atom stereocenters. The van der Waals surface area contributed by atoms with Gasteiger partial charge in [-0.1, -0.05) is 36.9 Å². The number of hydrogen-bond donors (Lipinski definition) is 0. The molecule has 0 aliphatic heterocycles. The van der Waals surface area contributed by atoms with E-state index in [2.05, 4.69) is 4.98 Å². The summed E-state index contributed by atoms with van der Waals surface area (Å²) in [4.78, 5) is 4.20. The molecule has 1 saturated carbocycles. The van der Waals surface area contributed by atoms with E-state index < -0.39 is 0 Å². The predicted octanol–water partition coefficient (Wildman–Crippen LogP) is 3.58. The topological polar surface area (TPSA) is 22.1 Å². The van der Waals surface area contributed by atoms with E-state index in [1.807, 2.05) is 12.1 Å². The standard InChI is InChI=1S/C12H16ClNO/c13-12-8-4-5-10(14-12)9-15-11-6-2-1-3-7-11/h4-5,8,11H,1-3,6-7,9H2. The average Bonchev–Trinajstić information content (AvgIpc) is 2.28. The molecule has 0 amide bonds. The number of hydrogen-bond acceptors (Lipinski definition) is 2. The number of aromatic nitrogens is 1. The van der Waals surface area contributed by atoms with Gasteiger partial charge in [0.15, 0.2) is 0 Å². The molecule has 1 aromatic heterocycles. The van der Waals surface area contributed by atoms with E-state index in [0.29, 0.717) is 17.9 Å². The first-order valence-electron chi connectivity index (χ1n) is 5.57. The zero-order valence-corrected chi connectivity index (χ0v) is 9.54. The molecule has 82 valence electrons. The van der Waals surface area contributed by atoms with Gasteiger partial charge in [0.05, 0.1) is 18.4 Å². The summed E-state index contributed by atoms with van der Waals surface area (Å²) in [5.41, 5.74) is 0.924. The van der Waals surface area contributed by atoms with Crippen molar-refractivity contribution in [1.29, 1.82) is 0 Å². The maximum atomic E-state index is 5.80. The van der Waals surface area contributed by atoms with Crippen molar-refractivity contribution in [2.75, 3.05) is 0 Å². The molecule has 1 aromatic rings. The molecule has 0 bridgehead atoms. The monoisotopic (exact) mass is 225 g/mol. The van der Waals surface area contributed by atoms with E-state index >= 15 is 0 Å². The van der Waals surface area contributed by atoms with Crippen LogP contribution in [-0.2, 0) is 11.3 Å². The summed E-state index contributed by atoms with van der Waals surface area (Å²) in [5, 5.41) is 0.541. The Hall–Kier alpha value is -0.600. The largest absolute Gasteiger partial charge is 0.372 e.